The smallest absolute Gasteiger partial charge is 0.152 e. The largest absolute Gasteiger partial charge is 0.508 e. The maximum absolute atomic E-state index is 9.33. The summed E-state index contributed by atoms with van der Waals surface area (Å²) in [5.41, 5.74) is 7.30. The average molecular weight is 295 g/mol. The summed E-state index contributed by atoms with van der Waals surface area (Å²) < 4.78 is 0. The lowest BCUT2D eigenvalue weighted by atomic mass is 9.99. The van der Waals surface area contributed by atoms with Gasteiger partial charge in [0.1, 0.15) is 29.5 Å². The number of phenols is 1. The van der Waals surface area contributed by atoms with Crippen LogP contribution in [0.25, 0.3) is 0 Å². The number of nitrogens with two attached hydrogens (primary N) is 1. The number of benzene rings is 1. The molecule has 0 bridgehead atoms. The highest BCUT2D eigenvalue weighted by Gasteiger charge is 2.26. The number of anilines is 2. The van der Waals surface area contributed by atoms with Crippen LogP contribution in [0.15, 0.2) is 30.6 Å². The molecule has 0 radical (unpaired) electrons. The minimum absolute atomic E-state index is 0.231. The van der Waals surface area contributed by atoms with Crippen LogP contribution in [0.2, 0.25) is 0 Å². The zero-order chi connectivity index (χ0) is 15.5. The van der Waals surface area contributed by atoms with E-state index in [2.05, 4.69) is 20.9 Å². The Morgan fingerprint density at radius 1 is 1.32 bits per heavy atom. The van der Waals surface area contributed by atoms with Gasteiger partial charge in [-0.3, -0.25) is 0 Å². The molecule has 1 unspecified atom stereocenters. The van der Waals surface area contributed by atoms with E-state index in [0.29, 0.717) is 17.3 Å². The quantitative estimate of drug-likeness (QED) is 0.894. The Morgan fingerprint density at radius 3 is 2.82 bits per heavy atom. The summed E-state index contributed by atoms with van der Waals surface area (Å²) in [5, 5.41) is 18.6. The molecule has 6 nitrogen and oxygen atoms in total. The maximum atomic E-state index is 9.33. The van der Waals surface area contributed by atoms with Crippen molar-refractivity contribution < 1.29 is 5.11 Å². The van der Waals surface area contributed by atoms with Crippen molar-refractivity contribution in [2.75, 3.05) is 23.7 Å². The molecule has 1 aromatic heterocycles. The van der Waals surface area contributed by atoms with Gasteiger partial charge in [-0.05, 0) is 36.5 Å². The first-order valence-corrected chi connectivity index (χ1v) is 7.21. The Hall–Kier alpha value is -2.81. The number of nitrogens with zero attached hydrogens (tertiary/aromatic N) is 4. The molecule has 1 aromatic carbocycles. The summed E-state index contributed by atoms with van der Waals surface area (Å²) in [6.07, 6.45) is 3.38. The number of aromatic hydroxyl groups is 1. The lowest BCUT2D eigenvalue weighted by molar-refractivity contribution is 0.474. The van der Waals surface area contributed by atoms with Gasteiger partial charge in [0.05, 0.1) is 0 Å². The summed E-state index contributed by atoms with van der Waals surface area (Å²) in [6, 6.07) is 9.40. The lowest BCUT2D eigenvalue weighted by Gasteiger charge is -2.19. The van der Waals surface area contributed by atoms with Gasteiger partial charge in [-0.15, -0.1) is 0 Å². The van der Waals surface area contributed by atoms with Gasteiger partial charge in [-0.2, -0.15) is 5.26 Å². The van der Waals surface area contributed by atoms with Crippen molar-refractivity contribution in [2.45, 2.75) is 12.8 Å². The summed E-state index contributed by atoms with van der Waals surface area (Å²) in [4.78, 5) is 10.2. The molecular weight excluding hydrogens is 278 g/mol. The summed E-state index contributed by atoms with van der Waals surface area (Å²) in [7, 11) is 0. The number of aromatic nitrogens is 2. The van der Waals surface area contributed by atoms with Gasteiger partial charge >= 0.3 is 0 Å². The van der Waals surface area contributed by atoms with Crippen LogP contribution < -0.4 is 10.6 Å². The standard InChI is InChI=1S/C16H17N5O/c17-8-14-15(18)19-10-20-16(14)21-6-5-12(9-21)7-11-1-3-13(22)4-2-11/h1-4,10,12,22H,5-7,9H2,(H2,18,19,20). The normalized spacial score (nSPS) is 17.4. The van der Waals surface area contributed by atoms with E-state index in [0.717, 1.165) is 25.9 Å². The van der Waals surface area contributed by atoms with E-state index < -0.39 is 0 Å². The van der Waals surface area contributed by atoms with E-state index in [-0.39, 0.29) is 11.6 Å². The van der Waals surface area contributed by atoms with Crippen molar-refractivity contribution in [2.24, 2.45) is 5.92 Å². The number of phenolic OH excluding ortho intramolecular Hbond substituents is 1. The molecule has 1 saturated heterocycles. The second kappa shape index (κ2) is 5.90. The molecule has 0 amide bonds. The van der Waals surface area contributed by atoms with Crippen LogP contribution in [0.5, 0.6) is 5.75 Å². The van der Waals surface area contributed by atoms with Crippen LogP contribution in [0.4, 0.5) is 11.6 Å². The fourth-order valence-electron chi connectivity index (χ4n) is 2.89. The van der Waals surface area contributed by atoms with Crippen molar-refractivity contribution in [3.63, 3.8) is 0 Å². The Kier molecular flexibility index (Phi) is 3.79. The number of rotatable bonds is 3. The van der Waals surface area contributed by atoms with Crippen LogP contribution in [-0.2, 0) is 6.42 Å². The number of hydrogen-bond donors (Lipinski definition) is 2. The van der Waals surface area contributed by atoms with Crippen molar-refractivity contribution in [3.05, 3.63) is 41.7 Å². The van der Waals surface area contributed by atoms with Crippen LogP contribution in [0, 0.1) is 17.2 Å². The molecule has 3 rings (SSSR count). The van der Waals surface area contributed by atoms with Crippen molar-refractivity contribution in [1.82, 2.24) is 9.97 Å². The zero-order valence-electron chi connectivity index (χ0n) is 12.1. The minimum Gasteiger partial charge on any atom is -0.508 e. The molecule has 1 fully saturated rings. The number of hydrogen-bond acceptors (Lipinski definition) is 6. The van der Waals surface area contributed by atoms with E-state index in [1.165, 1.54) is 11.9 Å². The molecule has 1 atom stereocenters. The zero-order valence-corrected chi connectivity index (χ0v) is 12.1. The van der Waals surface area contributed by atoms with E-state index in [4.69, 9.17) is 5.73 Å². The lowest BCUT2D eigenvalue weighted by Crippen LogP contribution is -2.23. The van der Waals surface area contributed by atoms with E-state index >= 15 is 0 Å². The third-order valence-electron chi connectivity index (χ3n) is 4.01. The molecule has 2 aromatic rings. The number of nitriles is 1. The molecule has 2 heterocycles. The summed E-state index contributed by atoms with van der Waals surface area (Å²) in [6.45, 7) is 1.69. The van der Waals surface area contributed by atoms with E-state index in [9.17, 15) is 10.4 Å². The molecule has 1 aliphatic rings. The molecule has 112 valence electrons. The highest BCUT2D eigenvalue weighted by molar-refractivity contribution is 5.63. The molecule has 0 saturated carbocycles. The van der Waals surface area contributed by atoms with Crippen LogP contribution in [0.3, 0.4) is 0 Å². The van der Waals surface area contributed by atoms with Gasteiger partial charge in [-0.1, -0.05) is 12.1 Å². The van der Waals surface area contributed by atoms with Crippen LogP contribution in [0.1, 0.15) is 17.5 Å². The number of nitrogen functional groups attached to an aromatic ring is 1. The fourth-order valence-corrected chi connectivity index (χ4v) is 2.89. The average Bonchev–Trinajstić information content (AvgIpc) is 2.98. The predicted octanol–water partition coefficient (Wildman–Crippen LogP) is 1.71. The second-order valence-corrected chi connectivity index (χ2v) is 5.54. The van der Waals surface area contributed by atoms with Gasteiger partial charge in [0.2, 0.25) is 0 Å². The highest BCUT2D eigenvalue weighted by atomic mass is 16.3. The Bertz CT molecular complexity index is 707. The second-order valence-electron chi connectivity index (χ2n) is 5.54. The Balaban J connectivity index is 1.71. The molecule has 22 heavy (non-hydrogen) atoms. The summed E-state index contributed by atoms with van der Waals surface area (Å²) >= 11 is 0. The molecular formula is C16H17N5O. The Labute approximate surface area is 128 Å². The maximum Gasteiger partial charge on any atom is 0.152 e. The van der Waals surface area contributed by atoms with Crippen molar-refractivity contribution in [1.29, 1.82) is 5.26 Å². The highest BCUT2D eigenvalue weighted by Crippen LogP contribution is 2.28. The monoisotopic (exact) mass is 295 g/mol. The minimum atomic E-state index is 0.231. The van der Waals surface area contributed by atoms with Gasteiger partial charge < -0.3 is 15.7 Å². The first kappa shape index (κ1) is 14.1. The van der Waals surface area contributed by atoms with E-state index in [1.54, 1.807) is 12.1 Å². The van der Waals surface area contributed by atoms with Crippen LogP contribution in [-0.4, -0.2) is 28.2 Å². The Morgan fingerprint density at radius 2 is 2.09 bits per heavy atom. The van der Waals surface area contributed by atoms with Crippen LogP contribution >= 0.6 is 0 Å². The fraction of sp³-hybridized carbons (Fsp3) is 0.312. The topological polar surface area (TPSA) is 99.1 Å². The van der Waals surface area contributed by atoms with Gasteiger partial charge in [-0.25, -0.2) is 9.97 Å². The summed E-state index contributed by atoms with van der Waals surface area (Å²) in [5.74, 6) is 1.64. The SMILES string of the molecule is N#Cc1c(N)ncnc1N1CCC(Cc2ccc(O)cc2)C1. The molecule has 0 spiro atoms. The molecule has 3 N–H and O–H groups in total. The third kappa shape index (κ3) is 2.79. The first-order valence-electron chi connectivity index (χ1n) is 7.21. The third-order valence-corrected chi connectivity index (χ3v) is 4.01. The predicted molar refractivity (Wildman–Crippen MR) is 83.3 cm³/mol. The van der Waals surface area contributed by atoms with Gasteiger partial charge in [0.25, 0.3) is 0 Å². The molecule has 6 heteroatoms. The van der Waals surface area contributed by atoms with Gasteiger partial charge in [0.15, 0.2) is 5.82 Å². The molecule has 1 aliphatic heterocycles. The van der Waals surface area contributed by atoms with Crippen molar-refractivity contribution in [3.8, 4) is 11.8 Å². The van der Waals surface area contributed by atoms with Gasteiger partial charge in [0, 0.05) is 13.1 Å². The van der Waals surface area contributed by atoms with Crippen molar-refractivity contribution >= 4 is 11.6 Å². The van der Waals surface area contributed by atoms with E-state index in [1.807, 2.05) is 12.1 Å². The molecule has 0 aliphatic carbocycles. The first-order chi connectivity index (χ1) is 10.7.